The van der Waals surface area contributed by atoms with E-state index < -0.39 is 0 Å². The molecule has 0 aromatic carbocycles. The number of rotatable bonds is 6. The van der Waals surface area contributed by atoms with Crippen LogP contribution < -0.4 is 5.32 Å². The minimum Gasteiger partial charge on any atom is -0.316 e. The summed E-state index contributed by atoms with van der Waals surface area (Å²) in [6.07, 6.45) is 10.4. The molecule has 1 atom stereocenters. The smallest absolute Gasteiger partial charge is 0.00229 e. The van der Waals surface area contributed by atoms with Crippen molar-refractivity contribution < 1.29 is 0 Å². The molecule has 0 bridgehead atoms. The minimum absolute atomic E-state index is 0.782. The molecule has 1 nitrogen and oxygen atoms in total. The van der Waals surface area contributed by atoms with E-state index in [0.29, 0.717) is 0 Å². The van der Waals surface area contributed by atoms with Crippen LogP contribution in [-0.2, 0) is 0 Å². The second-order valence-corrected chi connectivity index (χ2v) is 6.25. The lowest BCUT2D eigenvalue weighted by molar-refractivity contribution is 0.340. The highest BCUT2D eigenvalue weighted by atomic mass is 14.9. The summed E-state index contributed by atoms with van der Waals surface area (Å²) in [5.74, 6) is 2.67. The molecule has 96 valence electrons. The van der Waals surface area contributed by atoms with E-state index in [0.717, 1.165) is 17.8 Å². The first-order valence-corrected chi connectivity index (χ1v) is 7.39. The average molecular weight is 225 g/mol. The molecular formula is C15H31N. The van der Waals surface area contributed by atoms with Crippen molar-refractivity contribution in [2.24, 2.45) is 17.8 Å². The van der Waals surface area contributed by atoms with Crippen molar-refractivity contribution in [3.63, 3.8) is 0 Å². The zero-order chi connectivity index (χ0) is 11.8. The first-order valence-electron chi connectivity index (χ1n) is 7.39. The van der Waals surface area contributed by atoms with Crippen molar-refractivity contribution in [2.45, 2.75) is 65.7 Å². The van der Waals surface area contributed by atoms with Crippen LogP contribution in [0.4, 0.5) is 0 Å². The largest absolute Gasteiger partial charge is 0.316 e. The van der Waals surface area contributed by atoms with E-state index in [4.69, 9.17) is 0 Å². The SMILES string of the molecule is CC(C)CNCC(C)CC1CCCCCC1. The van der Waals surface area contributed by atoms with Gasteiger partial charge in [-0.3, -0.25) is 0 Å². The van der Waals surface area contributed by atoms with Gasteiger partial charge in [0.2, 0.25) is 0 Å². The third kappa shape index (κ3) is 6.52. The van der Waals surface area contributed by atoms with Crippen molar-refractivity contribution >= 4 is 0 Å². The fraction of sp³-hybridized carbons (Fsp3) is 1.00. The van der Waals surface area contributed by atoms with Crippen LogP contribution in [0.5, 0.6) is 0 Å². The topological polar surface area (TPSA) is 12.0 Å². The van der Waals surface area contributed by atoms with Crippen LogP contribution >= 0.6 is 0 Å². The molecule has 1 heteroatoms. The lowest BCUT2D eigenvalue weighted by atomic mass is 9.90. The molecule has 0 aromatic heterocycles. The van der Waals surface area contributed by atoms with Gasteiger partial charge in [-0.2, -0.15) is 0 Å². The predicted molar refractivity (Wildman–Crippen MR) is 72.7 cm³/mol. The molecule has 1 aliphatic rings. The lowest BCUT2D eigenvalue weighted by Gasteiger charge is -2.20. The summed E-state index contributed by atoms with van der Waals surface area (Å²) in [5.41, 5.74) is 0. The van der Waals surface area contributed by atoms with E-state index >= 15 is 0 Å². The molecule has 1 saturated carbocycles. The van der Waals surface area contributed by atoms with Crippen LogP contribution in [-0.4, -0.2) is 13.1 Å². The van der Waals surface area contributed by atoms with Gasteiger partial charge in [0, 0.05) is 0 Å². The highest BCUT2D eigenvalue weighted by Gasteiger charge is 2.15. The van der Waals surface area contributed by atoms with Crippen LogP contribution in [0.15, 0.2) is 0 Å². The van der Waals surface area contributed by atoms with Crippen molar-refractivity contribution in [1.82, 2.24) is 5.32 Å². The number of hydrogen-bond donors (Lipinski definition) is 1. The Kier molecular flexibility index (Phi) is 7.11. The van der Waals surface area contributed by atoms with Gasteiger partial charge in [0.25, 0.3) is 0 Å². The Bertz CT molecular complexity index is 157. The summed E-state index contributed by atoms with van der Waals surface area (Å²) in [6, 6.07) is 0. The van der Waals surface area contributed by atoms with Gasteiger partial charge in [-0.1, -0.05) is 59.3 Å². The van der Waals surface area contributed by atoms with E-state index in [2.05, 4.69) is 26.1 Å². The van der Waals surface area contributed by atoms with Crippen molar-refractivity contribution in [3.05, 3.63) is 0 Å². The molecule has 1 fully saturated rings. The number of nitrogens with one attached hydrogen (secondary N) is 1. The van der Waals surface area contributed by atoms with E-state index in [1.807, 2.05) is 0 Å². The monoisotopic (exact) mass is 225 g/mol. The van der Waals surface area contributed by atoms with Gasteiger partial charge in [0.1, 0.15) is 0 Å². The quantitative estimate of drug-likeness (QED) is 0.667. The van der Waals surface area contributed by atoms with Crippen molar-refractivity contribution in [1.29, 1.82) is 0 Å². The molecule has 0 radical (unpaired) electrons. The summed E-state index contributed by atoms with van der Waals surface area (Å²) in [4.78, 5) is 0. The van der Waals surface area contributed by atoms with Gasteiger partial charge < -0.3 is 5.32 Å². The zero-order valence-electron chi connectivity index (χ0n) is 11.6. The minimum atomic E-state index is 0.782. The molecule has 0 heterocycles. The van der Waals surface area contributed by atoms with Gasteiger partial charge in [0.15, 0.2) is 0 Å². The van der Waals surface area contributed by atoms with Gasteiger partial charge in [-0.15, -0.1) is 0 Å². The van der Waals surface area contributed by atoms with E-state index in [1.165, 1.54) is 58.0 Å². The van der Waals surface area contributed by atoms with E-state index in [-0.39, 0.29) is 0 Å². The van der Waals surface area contributed by atoms with Crippen LogP contribution in [0.2, 0.25) is 0 Å². The highest BCUT2D eigenvalue weighted by Crippen LogP contribution is 2.27. The fourth-order valence-corrected chi connectivity index (χ4v) is 2.87. The zero-order valence-corrected chi connectivity index (χ0v) is 11.6. The Morgan fingerprint density at radius 2 is 1.56 bits per heavy atom. The van der Waals surface area contributed by atoms with Crippen LogP contribution in [0.1, 0.15) is 65.7 Å². The second kappa shape index (κ2) is 8.11. The molecular weight excluding hydrogens is 194 g/mol. The van der Waals surface area contributed by atoms with Crippen LogP contribution in [0.25, 0.3) is 0 Å². The molecule has 1 N–H and O–H groups in total. The van der Waals surface area contributed by atoms with Gasteiger partial charge >= 0.3 is 0 Å². The highest BCUT2D eigenvalue weighted by molar-refractivity contribution is 4.69. The summed E-state index contributed by atoms with van der Waals surface area (Å²) >= 11 is 0. The maximum absolute atomic E-state index is 3.59. The first kappa shape index (κ1) is 14.0. The molecule has 0 spiro atoms. The van der Waals surface area contributed by atoms with Crippen LogP contribution in [0.3, 0.4) is 0 Å². The summed E-state index contributed by atoms with van der Waals surface area (Å²) in [5, 5.41) is 3.59. The Labute approximate surface area is 102 Å². The Hall–Kier alpha value is -0.0400. The third-order valence-electron chi connectivity index (χ3n) is 3.76. The summed E-state index contributed by atoms with van der Waals surface area (Å²) in [6.45, 7) is 9.37. The van der Waals surface area contributed by atoms with E-state index in [1.54, 1.807) is 0 Å². The average Bonchev–Trinajstić information content (AvgIpc) is 2.45. The Balaban J connectivity index is 2.09. The molecule has 0 saturated heterocycles. The molecule has 0 amide bonds. The molecule has 0 aliphatic heterocycles. The van der Waals surface area contributed by atoms with Crippen molar-refractivity contribution in [3.8, 4) is 0 Å². The lowest BCUT2D eigenvalue weighted by Crippen LogP contribution is -2.26. The molecule has 16 heavy (non-hydrogen) atoms. The van der Waals surface area contributed by atoms with Crippen LogP contribution in [0, 0.1) is 17.8 Å². The Morgan fingerprint density at radius 1 is 0.938 bits per heavy atom. The molecule has 1 unspecified atom stereocenters. The molecule has 1 aliphatic carbocycles. The van der Waals surface area contributed by atoms with E-state index in [9.17, 15) is 0 Å². The van der Waals surface area contributed by atoms with Gasteiger partial charge in [-0.05, 0) is 37.3 Å². The standard InChI is InChI=1S/C15H31N/c1-13(2)11-16-12-14(3)10-15-8-6-4-5-7-9-15/h13-16H,4-12H2,1-3H3. The van der Waals surface area contributed by atoms with Gasteiger partial charge in [0.05, 0.1) is 0 Å². The fourth-order valence-electron chi connectivity index (χ4n) is 2.87. The summed E-state index contributed by atoms with van der Waals surface area (Å²) in [7, 11) is 0. The maximum atomic E-state index is 3.59. The first-order chi connectivity index (χ1) is 7.68. The van der Waals surface area contributed by atoms with Crippen molar-refractivity contribution in [2.75, 3.05) is 13.1 Å². The molecule has 0 aromatic rings. The molecule has 1 rings (SSSR count). The predicted octanol–water partition coefficient (Wildman–Crippen LogP) is 4.23. The maximum Gasteiger partial charge on any atom is -0.00229 e. The summed E-state index contributed by atoms with van der Waals surface area (Å²) < 4.78 is 0. The number of hydrogen-bond acceptors (Lipinski definition) is 1. The third-order valence-corrected chi connectivity index (χ3v) is 3.76. The normalized spacial score (nSPS) is 21.0. The van der Waals surface area contributed by atoms with Gasteiger partial charge in [-0.25, -0.2) is 0 Å². The Morgan fingerprint density at radius 3 is 2.12 bits per heavy atom. The second-order valence-electron chi connectivity index (χ2n) is 6.25.